The summed E-state index contributed by atoms with van der Waals surface area (Å²) in [4.78, 5) is 16.5. The summed E-state index contributed by atoms with van der Waals surface area (Å²) < 4.78 is 3.00. The molecule has 14 heavy (non-hydrogen) atoms. The number of hydrogen-bond acceptors (Lipinski definition) is 2. The van der Waals surface area contributed by atoms with Gasteiger partial charge in [0, 0.05) is 34.8 Å². The highest BCUT2D eigenvalue weighted by atomic mass is 127. The maximum absolute atomic E-state index is 11.1. The van der Waals surface area contributed by atoms with Gasteiger partial charge in [-0.3, -0.25) is 4.79 Å². The minimum absolute atomic E-state index is 0.144. The summed E-state index contributed by atoms with van der Waals surface area (Å²) in [5.74, 6) is 2.24. The molecule has 0 radical (unpaired) electrons. The zero-order chi connectivity index (χ0) is 11.0. The molecule has 0 saturated heterocycles. The van der Waals surface area contributed by atoms with E-state index in [1.807, 2.05) is 19.0 Å². The van der Waals surface area contributed by atoms with Gasteiger partial charge in [0.25, 0.3) is 0 Å². The quantitative estimate of drug-likeness (QED) is 0.346. The Kier molecular flexibility index (Phi) is 7.30. The van der Waals surface area contributed by atoms with Gasteiger partial charge in [-0.1, -0.05) is 17.0 Å². The molecule has 0 aliphatic rings. The molecule has 0 aromatic rings. The third-order valence-corrected chi connectivity index (χ3v) is 3.03. The zero-order valence-corrected chi connectivity index (χ0v) is 11.0. The van der Waals surface area contributed by atoms with Gasteiger partial charge in [-0.15, -0.1) is 0 Å². The van der Waals surface area contributed by atoms with Gasteiger partial charge in [0.05, 0.1) is 5.70 Å². The highest BCUT2D eigenvalue weighted by Gasteiger charge is 1.97. The molecular weight excluding hydrogens is 291 g/mol. The van der Waals surface area contributed by atoms with Crippen LogP contribution in [0.15, 0.2) is 17.3 Å². The Bertz CT molecular complexity index is 308. The van der Waals surface area contributed by atoms with E-state index < -0.39 is 20.7 Å². The molecule has 1 amide bonds. The first-order valence-electron chi connectivity index (χ1n) is 4.31. The van der Waals surface area contributed by atoms with E-state index in [9.17, 15) is 4.79 Å². The second-order valence-electron chi connectivity index (χ2n) is 2.80. The van der Waals surface area contributed by atoms with Crippen molar-refractivity contribution in [2.75, 3.05) is 14.1 Å². The number of allylic oxidation sites excluding steroid dienone is 1. The number of halogens is 1. The fourth-order valence-corrected chi connectivity index (χ4v) is 2.36. The summed E-state index contributed by atoms with van der Waals surface area (Å²) in [6, 6.07) is 0. The van der Waals surface area contributed by atoms with Crippen molar-refractivity contribution in [2.24, 2.45) is 4.99 Å². The lowest BCUT2D eigenvalue weighted by Crippen LogP contribution is -2.11. The molecule has 0 aliphatic heterocycles. The minimum Gasteiger partial charge on any atom is -0.374 e. The molecule has 0 heterocycles. The molecule has 0 unspecified atom stereocenters. The molecule has 4 heteroatoms. The van der Waals surface area contributed by atoms with Gasteiger partial charge < -0.3 is 4.90 Å². The number of rotatable bonds is 4. The number of hydrogen-bond donors (Lipinski definition) is 0. The molecular formula is C10H15IN2O. The van der Waals surface area contributed by atoms with Crippen LogP contribution in [0.25, 0.3) is 0 Å². The monoisotopic (exact) mass is 306 g/mol. The van der Waals surface area contributed by atoms with Crippen LogP contribution in [0.2, 0.25) is 0 Å². The van der Waals surface area contributed by atoms with Crippen LogP contribution in [0, 0.1) is 0 Å². The van der Waals surface area contributed by atoms with E-state index in [1.54, 1.807) is 0 Å². The van der Waals surface area contributed by atoms with E-state index in [0.29, 0.717) is 0 Å². The SMILES string of the molecule is C=C=NC(=O)I=C=C(CCC)N(C)C. The van der Waals surface area contributed by atoms with Gasteiger partial charge in [-0.2, -0.15) is 4.99 Å². The fraction of sp³-hybridized carbons (Fsp3) is 0.500. The number of nitrogens with zero attached hydrogens (tertiary/aromatic N) is 2. The lowest BCUT2D eigenvalue weighted by atomic mass is 10.3. The van der Waals surface area contributed by atoms with Crippen LogP contribution in [-0.2, 0) is 0 Å². The van der Waals surface area contributed by atoms with Gasteiger partial charge in [0.2, 0.25) is 0 Å². The average Bonchev–Trinajstić information content (AvgIpc) is 2.12. The molecule has 3 nitrogen and oxygen atoms in total. The second kappa shape index (κ2) is 7.68. The van der Waals surface area contributed by atoms with Crippen LogP contribution in [0.3, 0.4) is 0 Å². The topological polar surface area (TPSA) is 32.7 Å². The molecule has 0 rings (SSSR count). The van der Waals surface area contributed by atoms with Crippen molar-refractivity contribution in [1.29, 1.82) is 0 Å². The van der Waals surface area contributed by atoms with Crippen molar-refractivity contribution in [1.82, 2.24) is 4.90 Å². The van der Waals surface area contributed by atoms with Crippen LogP contribution < -0.4 is 0 Å². The molecule has 0 aliphatic carbocycles. The number of carbonyl (C=O) groups excluding carboxylic acids is 1. The molecule has 78 valence electrons. The summed E-state index contributed by atoms with van der Waals surface area (Å²) in [6.45, 7) is 5.36. The minimum atomic E-state index is -0.767. The third-order valence-electron chi connectivity index (χ3n) is 1.43. The first-order valence-corrected chi connectivity index (χ1v) is 6.47. The smallest absolute Gasteiger partial charge is 0.316 e. The normalized spacial score (nSPS) is 8.50. The summed E-state index contributed by atoms with van der Waals surface area (Å²) in [5.41, 5.74) is 1.09. The number of amides is 1. The largest absolute Gasteiger partial charge is 0.374 e. The molecule has 0 fully saturated rings. The fourth-order valence-electron chi connectivity index (χ4n) is 0.770. The Morgan fingerprint density at radius 1 is 1.57 bits per heavy atom. The van der Waals surface area contributed by atoms with E-state index in [4.69, 9.17) is 0 Å². The van der Waals surface area contributed by atoms with Crippen LogP contribution in [0.4, 0.5) is 4.79 Å². The van der Waals surface area contributed by atoms with Crippen molar-refractivity contribution in [3.63, 3.8) is 0 Å². The first-order chi connectivity index (χ1) is 6.61. The van der Waals surface area contributed by atoms with E-state index in [0.717, 1.165) is 18.5 Å². The molecule has 0 aromatic heterocycles. The Labute approximate surface area is 95.0 Å². The number of aliphatic imine (C=N–C) groups is 1. The van der Waals surface area contributed by atoms with Gasteiger partial charge in [0.15, 0.2) is 0 Å². The van der Waals surface area contributed by atoms with Crippen molar-refractivity contribution >= 4 is 34.2 Å². The third kappa shape index (κ3) is 5.86. The molecule has 0 spiro atoms. The van der Waals surface area contributed by atoms with Crippen molar-refractivity contribution in [3.8, 4) is 0 Å². The summed E-state index contributed by atoms with van der Waals surface area (Å²) in [6.07, 6.45) is 2.01. The molecule has 0 saturated carbocycles. The molecule has 0 bridgehead atoms. The predicted octanol–water partition coefficient (Wildman–Crippen LogP) is 2.58. The van der Waals surface area contributed by atoms with Crippen molar-refractivity contribution in [2.45, 2.75) is 19.8 Å². The number of carbonyl (C=O) groups is 1. The van der Waals surface area contributed by atoms with E-state index >= 15 is 0 Å². The summed E-state index contributed by atoms with van der Waals surface area (Å²) in [5, 5.41) is 0. The Morgan fingerprint density at radius 2 is 2.21 bits per heavy atom. The van der Waals surface area contributed by atoms with Crippen molar-refractivity contribution < 1.29 is 4.79 Å². The van der Waals surface area contributed by atoms with Gasteiger partial charge in [0.1, 0.15) is 0 Å². The second-order valence-corrected chi connectivity index (χ2v) is 4.80. The maximum atomic E-state index is 11.1. The molecule has 0 atom stereocenters. The summed E-state index contributed by atoms with van der Waals surface area (Å²) >= 11 is -0.767. The lowest BCUT2D eigenvalue weighted by molar-refractivity contribution is 0.269. The van der Waals surface area contributed by atoms with Gasteiger partial charge in [-0.05, 0) is 18.9 Å². The highest BCUT2D eigenvalue weighted by Crippen LogP contribution is 2.07. The standard InChI is InChI=1S/C10H15IN2O/c1-5-7-9(13(3)4)8-11-10(14)12-6-2/h2,5,7H2,1,3-4H3. The van der Waals surface area contributed by atoms with Crippen LogP contribution >= 0.6 is 20.7 Å². The zero-order valence-electron chi connectivity index (χ0n) is 8.80. The maximum Gasteiger partial charge on any atom is 0.316 e. The van der Waals surface area contributed by atoms with Crippen LogP contribution in [0.5, 0.6) is 0 Å². The average molecular weight is 306 g/mol. The molecule has 0 aromatic carbocycles. The Hall–Kier alpha value is -0.700. The van der Waals surface area contributed by atoms with Crippen LogP contribution in [0.1, 0.15) is 19.8 Å². The van der Waals surface area contributed by atoms with E-state index in [-0.39, 0.29) is 3.91 Å². The Morgan fingerprint density at radius 3 is 2.64 bits per heavy atom. The summed E-state index contributed by atoms with van der Waals surface area (Å²) in [7, 11) is 3.92. The lowest BCUT2D eigenvalue weighted by Gasteiger charge is -2.12. The first kappa shape index (κ1) is 13.3. The Balaban J connectivity index is 4.70. The van der Waals surface area contributed by atoms with Crippen molar-refractivity contribution in [3.05, 3.63) is 12.3 Å². The predicted molar refractivity (Wildman–Crippen MR) is 69.6 cm³/mol. The van der Waals surface area contributed by atoms with E-state index in [2.05, 4.69) is 28.0 Å². The molecule has 0 N–H and O–H groups in total. The van der Waals surface area contributed by atoms with Crippen LogP contribution in [-0.4, -0.2) is 32.4 Å². The van der Waals surface area contributed by atoms with E-state index in [1.165, 1.54) is 0 Å². The highest BCUT2D eigenvalue weighted by molar-refractivity contribution is 14.2. The van der Waals surface area contributed by atoms with Gasteiger partial charge in [-0.25, -0.2) is 0 Å². The van der Waals surface area contributed by atoms with Gasteiger partial charge >= 0.3 is 3.91 Å².